The third kappa shape index (κ3) is 8.97. The molecule has 2 heteroatoms. The Balaban J connectivity index is 2.21. The molecule has 1 fully saturated rings. The van der Waals surface area contributed by atoms with Crippen molar-refractivity contribution in [1.82, 2.24) is 10.2 Å². The van der Waals surface area contributed by atoms with Gasteiger partial charge in [-0.05, 0) is 57.8 Å². The fourth-order valence-corrected chi connectivity index (χ4v) is 3.25. The standard InChI is InChI=1S/C18H38N2/c1-3-5-7-9-15-20(16-10-8-6-4-2)17-18-11-13-19-14-12-18/h18-19H,3-17H2,1-2H3. The fourth-order valence-electron chi connectivity index (χ4n) is 3.25. The van der Waals surface area contributed by atoms with Gasteiger partial charge in [0.05, 0.1) is 0 Å². The Morgan fingerprint density at radius 1 is 0.800 bits per heavy atom. The van der Waals surface area contributed by atoms with E-state index in [0.717, 1.165) is 5.92 Å². The molecule has 0 aromatic rings. The first-order chi connectivity index (χ1) is 9.86. The van der Waals surface area contributed by atoms with Crippen LogP contribution < -0.4 is 5.32 Å². The molecule has 120 valence electrons. The average Bonchev–Trinajstić information content (AvgIpc) is 2.49. The van der Waals surface area contributed by atoms with Gasteiger partial charge in [0.2, 0.25) is 0 Å². The summed E-state index contributed by atoms with van der Waals surface area (Å²) in [6.07, 6.45) is 14.0. The van der Waals surface area contributed by atoms with Gasteiger partial charge in [-0.2, -0.15) is 0 Å². The highest BCUT2D eigenvalue weighted by molar-refractivity contribution is 4.72. The molecule has 0 unspecified atom stereocenters. The number of piperidine rings is 1. The highest BCUT2D eigenvalue weighted by atomic mass is 15.1. The lowest BCUT2D eigenvalue weighted by atomic mass is 9.97. The summed E-state index contributed by atoms with van der Waals surface area (Å²) in [4.78, 5) is 2.78. The maximum absolute atomic E-state index is 3.49. The Hall–Kier alpha value is -0.0800. The summed E-state index contributed by atoms with van der Waals surface area (Å²) in [6, 6.07) is 0. The molecule has 1 aliphatic rings. The van der Waals surface area contributed by atoms with Crippen LogP contribution in [0.3, 0.4) is 0 Å². The third-order valence-electron chi connectivity index (χ3n) is 4.63. The second kappa shape index (κ2) is 12.6. The monoisotopic (exact) mass is 282 g/mol. The van der Waals surface area contributed by atoms with Gasteiger partial charge in [-0.1, -0.05) is 52.4 Å². The van der Waals surface area contributed by atoms with Gasteiger partial charge in [-0.25, -0.2) is 0 Å². The zero-order valence-electron chi connectivity index (χ0n) is 14.1. The Morgan fingerprint density at radius 3 is 1.85 bits per heavy atom. The highest BCUT2D eigenvalue weighted by Crippen LogP contribution is 2.15. The van der Waals surface area contributed by atoms with E-state index >= 15 is 0 Å². The molecule has 0 bridgehead atoms. The molecule has 1 aliphatic heterocycles. The molecule has 0 aromatic carbocycles. The van der Waals surface area contributed by atoms with Crippen LogP contribution in [-0.4, -0.2) is 37.6 Å². The quantitative estimate of drug-likeness (QED) is 0.532. The smallest absolute Gasteiger partial charge is 0.00106 e. The van der Waals surface area contributed by atoms with E-state index in [1.165, 1.54) is 96.9 Å². The summed E-state index contributed by atoms with van der Waals surface area (Å²) < 4.78 is 0. The van der Waals surface area contributed by atoms with Gasteiger partial charge in [0.25, 0.3) is 0 Å². The van der Waals surface area contributed by atoms with E-state index in [2.05, 4.69) is 24.1 Å². The summed E-state index contributed by atoms with van der Waals surface area (Å²) in [5.41, 5.74) is 0. The summed E-state index contributed by atoms with van der Waals surface area (Å²) in [5.74, 6) is 0.952. The molecule has 20 heavy (non-hydrogen) atoms. The number of hydrogen-bond donors (Lipinski definition) is 1. The van der Waals surface area contributed by atoms with E-state index < -0.39 is 0 Å². The van der Waals surface area contributed by atoms with E-state index in [1.807, 2.05) is 0 Å². The second-order valence-corrected chi connectivity index (χ2v) is 6.62. The fraction of sp³-hybridized carbons (Fsp3) is 1.00. The minimum atomic E-state index is 0.952. The van der Waals surface area contributed by atoms with Crippen LogP contribution in [0, 0.1) is 5.92 Å². The van der Waals surface area contributed by atoms with Crippen LogP contribution in [0.4, 0.5) is 0 Å². The topological polar surface area (TPSA) is 15.3 Å². The summed E-state index contributed by atoms with van der Waals surface area (Å²) in [6.45, 7) is 11.1. The van der Waals surface area contributed by atoms with Crippen molar-refractivity contribution in [1.29, 1.82) is 0 Å². The minimum Gasteiger partial charge on any atom is -0.317 e. The molecule has 0 amide bonds. The predicted octanol–water partition coefficient (Wildman–Crippen LogP) is 4.45. The van der Waals surface area contributed by atoms with Gasteiger partial charge in [0, 0.05) is 6.54 Å². The van der Waals surface area contributed by atoms with Crippen LogP contribution in [0.15, 0.2) is 0 Å². The van der Waals surface area contributed by atoms with E-state index in [-0.39, 0.29) is 0 Å². The van der Waals surface area contributed by atoms with Gasteiger partial charge in [-0.3, -0.25) is 0 Å². The zero-order valence-corrected chi connectivity index (χ0v) is 14.1. The molecular formula is C18H38N2. The number of hydrogen-bond acceptors (Lipinski definition) is 2. The number of rotatable bonds is 12. The highest BCUT2D eigenvalue weighted by Gasteiger charge is 2.16. The van der Waals surface area contributed by atoms with Crippen LogP contribution in [0.1, 0.15) is 78.1 Å². The van der Waals surface area contributed by atoms with E-state index in [9.17, 15) is 0 Å². The summed E-state index contributed by atoms with van der Waals surface area (Å²) in [5, 5.41) is 3.49. The second-order valence-electron chi connectivity index (χ2n) is 6.62. The van der Waals surface area contributed by atoms with Crippen LogP contribution in [-0.2, 0) is 0 Å². The van der Waals surface area contributed by atoms with Crippen molar-refractivity contribution >= 4 is 0 Å². The Bertz CT molecular complexity index is 188. The molecule has 1 heterocycles. The van der Waals surface area contributed by atoms with Crippen molar-refractivity contribution in [3.8, 4) is 0 Å². The van der Waals surface area contributed by atoms with Gasteiger partial charge >= 0.3 is 0 Å². The third-order valence-corrected chi connectivity index (χ3v) is 4.63. The van der Waals surface area contributed by atoms with Crippen molar-refractivity contribution < 1.29 is 0 Å². The lowest BCUT2D eigenvalue weighted by molar-refractivity contribution is 0.198. The number of unbranched alkanes of at least 4 members (excludes halogenated alkanes) is 6. The van der Waals surface area contributed by atoms with Gasteiger partial charge in [0.1, 0.15) is 0 Å². The molecule has 0 atom stereocenters. The van der Waals surface area contributed by atoms with Gasteiger partial charge in [-0.15, -0.1) is 0 Å². The molecule has 0 radical (unpaired) electrons. The molecule has 0 spiro atoms. The summed E-state index contributed by atoms with van der Waals surface area (Å²) >= 11 is 0. The Kier molecular flexibility index (Phi) is 11.4. The number of nitrogens with zero attached hydrogens (tertiary/aromatic N) is 1. The molecule has 0 aliphatic carbocycles. The SMILES string of the molecule is CCCCCCN(CCCCCC)CC1CCNCC1. The molecule has 2 nitrogen and oxygen atoms in total. The van der Waals surface area contributed by atoms with Crippen molar-refractivity contribution in [2.75, 3.05) is 32.7 Å². The van der Waals surface area contributed by atoms with Crippen molar-refractivity contribution in [2.45, 2.75) is 78.1 Å². The van der Waals surface area contributed by atoms with E-state index in [0.29, 0.717) is 0 Å². The lowest BCUT2D eigenvalue weighted by Crippen LogP contribution is -2.37. The first kappa shape index (κ1) is 18.0. The van der Waals surface area contributed by atoms with E-state index in [4.69, 9.17) is 0 Å². The van der Waals surface area contributed by atoms with Crippen LogP contribution in [0.5, 0.6) is 0 Å². The summed E-state index contributed by atoms with van der Waals surface area (Å²) in [7, 11) is 0. The molecule has 1 N–H and O–H groups in total. The number of nitrogens with one attached hydrogen (secondary N) is 1. The lowest BCUT2D eigenvalue weighted by Gasteiger charge is -2.30. The predicted molar refractivity (Wildman–Crippen MR) is 90.3 cm³/mol. The average molecular weight is 283 g/mol. The molecule has 1 saturated heterocycles. The van der Waals surface area contributed by atoms with Gasteiger partial charge in [0.15, 0.2) is 0 Å². The Labute approximate surface area is 127 Å². The van der Waals surface area contributed by atoms with Crippen LogP contribution in [0.25, 0.3) is 0 Å². The first-order valence-electron chi connectivity index (χ1n) is 9.29. The maximum Gasteiger partial charge on any atom is 0.00106 e. The van der Waals surface area contributed by atoms with E-state index in [1.54, 1.807) is 0 Å². The zero-order chi connectivity index (χ0) is 14.5. The van der Waals surface area contributed by atoms with Crippen molar-refractivity contribution in [3.63, 3.8) is 0 Å². The first-order valence-corrected chi connectivity index (χ1v) is 9.29. The minimum absolute atomic E-state index is 0.952. The Morgan fingerprint density at radius 2 is 1.35 bits per heavy atom. The molecule has 0 saturated carbocycles. The van der Waals surface area contributed by atoms with Gasteiger partial charge < -0.3 is 10.2 Å². The van der Waals surface area contributed by atoms with Crippen LogP contribution >= 0.6 is 0 Å². The van der Waals surface area contributed by atoms with Crippen molar-refractivity contribution in [3.05, 3.63) is 0 Å². The largest absolute Gasteiger partial charge is 0.317 e. The normalized spacial score (nSPS) is 16.9. The maximum atomic E-state index is 3.49. The van der Waals surface area contributed by atoms with Crippen molar-refractivity contribution in [2.24, 2.45) is 5.92 Å². The molecule has 0 aromatic heterocycles. The van der Waals surface area contributed by atoms with Crippen LogP contribution in [0.2, 0.25) is 0 Å². The molecular weight excluding hydrogens is 244 g/mol. The molecule has 1 rings (SSSR count).